The molecular weight excluding hydrogens is 458 g/mol. The first-order valence-corrected chi connectivity index (χ1v) is 12.8. The summed E-state index contributed by atoms with van der Waals surface area (Å²) in [5.41, 5.74) is 3.09. The van der Waals surface area contributed by atoms with E-state index in [1.165, 1.54) is 12.8 Å². The minimum absolute atomic E-state index is 0.115. The summed E-state index contributed by atoms with van der Waals surface area (Å²) in [7, 11) is 4.87. The Bertz CT molecular complexity index is 1050. The number of likely N-dealkylation sites (tertiary alicyclic amines) is 1. The van der Waals surface area contributed by atoms with Crippen molar-refractivity contribution in [2.24, 2.45) is 0 Å². The maximum Gasteiger partial charge on any atom is 0.318 e. The number of urea groups is 1. The summed E-state index contributed by atoms with van der Waals surface area (Å²) in [4.78, 5) is 29.9. The van der Waals surface area contributed by atoms with Gasteiger partial charge in [-0.05, 0) is 60.2 Å². The lowest BCUT2D eigenvalue weighted by atomic mass is 9.87. The minimum Gasteiger partial charge on any atom is -0.497 e. The van der Waals surface area contributed by atoms with Crippen LogP contribution >= 0.6 is 0 Å². The number of carbonyl (C=O) groups excluding carboxylic acids is 2. The molecule has 2 aromatic carbocycles. The molecule has 0 saturated carbocycles. The fraction of sp³-hybridized carbons (Fsp3) is 0.500. The van der Waals surface area contributed by atoms with Crippen LogP contribution in [-0.2, 0) is 11.2 Å². The maximum atomic E-state index is 13.4. The van der Waals surface area contributed by atoms with Crippen LogP contribution in [0.25, 0.3) is 0 Å². The SMILES string of the molecule is COc1ccc([C@H]2c3cc(OC)c(OC)cc3CCN2C(=O)NCCC(=O)N2CCCCCC2)cc1. The van der Waals surface area contributed by atoms with Gasteiger partial charge in [0.25, 0.3) is 0 Å². The Kier molecular flexibility index (Phi) is 8.57. The predicted molar refractivity (Wildman–Crippen MR) is 138 cm³/mol. The summed E-state index contributed by atoms with van der Waals surface area (Å²) in [6.45, 7) is 2.50. The number of amides is 3. The molecule has 36 heavy (non-hydrogen) atoms. The van der Waals surface area contributed by atoms with Crippen LogP contribution in [0.4, 0.5) is 4.79 Å². The standard InChI is InChI=1S/C28H37N3O5/c1-34-22-10-8-20(9-11-22)27-23-19-25(36-3)24(35-2)18-21(23)13-17-31(27)28(33)29-14-12-26(32)30-15-6-4-5-7-16-30/h8-11,18-19,27H,4-7,12-17H2,1-3H3,(H,29,33)/t27-/m0/s1. The normalized spacial score (nSPS) is 17.6. The van der Waals surface area contributed by atoms with E-state index in [9.17, 15) is 9.59 Å². The van der Waals surface area contributed by atoms with Gasteiger partial charge >= 0.3 is 6.03 Å². The van der Waals surface area contributed by atoms with Crippen molar-refractivity contribution in [2.45, 2.75) is 44.6 Å². The Labute approximate surface area is 213 Å². The summed E-state index contributed by atoms with van der Waals surface area (Å²) in [5, 5.41) is 3.00. The zero-order chi connectivity index (χ0) is 25.5. The summed E-state index contributed by atoms with van der Waals surface area (Å²) in [6, 6.07) is 11.3. The van der Waals surface area contributed by atoms with Gasteiger partial charge in [0.05, 0.1) is 27.4 Å². The van der Waals surface area contributed by atoms with Crippen molar-refractivity contribution in [3.05, 3.63) is 53.1 Å². The average Bonchev–Trinajstić information content (AvgIpc) is 3.21. The quantitative estimate of drug-likeness (QED) is 0.624. The monoisotopic (exact) mass is 495 g/mol. The van der Waals surface area contributed by atoms with E-state index in [2.05, 4.69) is 5.32 Å². The highest BCUT2D eigenvalue weighted by Crippen LogP contribution is 2.41. The van der Waals surface area contributed by atoms with Crippen LogP contribution < -0.4 is 19.5 Å². The van der Waals surface area contributed by atoms with E-state index in [0.717, 1.165) is 48.4 Å². The van der Waals surface area contributed by atoms with E-state index in [4.69, 9.17) is 14.2 Å². The van der Waals surface area contributed by atoms with E-state index >= 15 is 0 Å². The number of rotatable bonds is 7. The average molecular weight is 496 g/mol. The molecule has 1 saturated heterocycles. The molecule has 2 heterocycles. The molecule has 1 atom stereocenters. The van der Waals surface area contributed by atoms with Crippen molar-refractivity contribution in [3.63, 3.8) is 0 Å². The Hall–Kier alpha value is -3.42. The number of hydrogen-bond donors (Lipinski definition) is 1. The maximum absolute atomic E-state index is 13.4. The molecule has 0 aliphatic carbocycles. The minimum atomic E-state index is -0.305. The lowest BCUT2D eigenvalue weighted by Gasteiger charge is -2.38. The van der Waals surface area contributed by atoms with Gasteiger partial charge in [-0.15, -0.1) is 0 Å². The third-order valence-electron chi connectivity index (χ3n) is 7.14. The Morgan fingerprint density at radius 3 is 2.19 bits per heavy atom. The van der Waals surface area contributed by atoms with Crippen LogP contribution in [0.1, 0.15) is 54.8 Å². The van der Waals surface area contributed by atoms with Crippen molar-refractivity contribution < 1.29 is 23.8 Å². The number of hydrogen-bond acceptors (Lipinski definition) is 5. The molecular formula is C28H37N3O5. The second-order valence-corrected chi connectivity index (χ2v) is 9.30. The highest BCUT2D eigenvalue weighted by atomic mass is 16.5. The molecule has 0 radical (unpaired) electrons. The number of nitrogens with one attached hydrogen (secondary N) is 1. The van der Waals surface area contributed by atoms with E-state index in [0.29, 0.717) is 37.4 Å². The van der Waals surface area contributed by atoms with Gasteiger partial charge in [-0.2, -0.15) is 0 Å². The van der Waals surface area contributed by atoms with Crippen molar-refractivity contribution in [1.29, 1.82) is 0 Å². The van der Waals surface area contributed by atoms with Crippen LogP contribution in [0.15, 0.2) is 36.4 Å². The third-order valence-corrected chi connectivity index (χ3v) is 7.14. The highest BCUT2D eigenvalue weighted by Gasteiger charge is 2.33. The summed E-state index contributed by atoms with van der Waals surface area (Å²) < 4.78 is 16.4. The van der Waals surface area contributed by atoms with Gasteiger partial charge in [-0.3, -0.25) is 4.79 Å². The zero-order valence-electron chi connectivity index (χ0n) is 21.5. The molecule has 2 aliphatic rings. The Morgan fingerprint density at radius 2 is 1.56 bits per heavy atom. The summed E-state index contributed by atoms with van der Waals surface area (Å²) in [6.07, 6.45) is 5.49. The number of fused-ring (bicyclic) bond motifs is 1. The van der Waals surface area contributed by atoms with Gasteiger partial charge in [0.15, 0.2) is 11.5 Å². The second-order valence-electron chi connectivity index (χ2n) is 9.30. The molecule has 2 aromatic rings. The van der Waals surface area contributed by atoms with Gasteiger partial charge in [-0.25, -0.2) is 4.79 Å². The lowest BCUT2D eigenvalue weighted by Crippen LogP contribution is -2.47. The number of nitrogens with zero attached hydrogens (tertiary/aromatic N) is 2. The van der Waals surface area contributed by atoms with Crippen LogP contribution in [0.2, 0.25) is 0 Å². The molecule has 0 aromatic heterocycles. The van der Waals surface area contributed by atoms with Crippen molar-refractivity contribution in [3.8, 4) is 17.2 Å². The molecule has 8 nitrogen and oxygen atoms in total. The molecule has 0 unspecified atom stereocenters. The van der Waals surface area contributed by atoms with Crippen LogP contribution in [0.3, 0.4) is 0 Å². The second kappa shape index (κ2) is 12.0. The van der Waals surface area contributed by atoms with Crippen molar-refractivity contribution >= 4 is 11.9 Å². The first kappa shape index (κ1) is 25.7. The van der Waals surface area contributed by atoms with Crippen LogP contribution in [0.5, 0.6) is 17.2 Å². The van der Waals surface area contributed by atoms with E-state index in [1.807, 2.05) is 46.2 Å². The van der Waals surface area contributed by atoms with Gasteiger partial charge in [0.2, 0.25) is 5.91 Å². The molecule has 194 valence electrons. The van der Waals surface area contributed by atoms with Gasteiger partial charge in [0, 0.05) is 32.6 Å². The number of carbonyl (C=O) groups is 2. The molecule has 2 aliphatic heterocycles. The molecule has 4 rings (SSSR count). The number of ether oxygens (including phenoxy) is 3. The Balaban J connectivity index is 1.53. The van der Waals surface area contributed by atoms with Gasteiger partial charge in [-0.1, -0.05) is 25.0 Å². The molecule has 1 fully saturated rings. The smallest absolute Gasteiger partial charge is 0.318 e. The fourth-order valence-corrected chi connectivity index (χ4v) is 5.17. The number of methoxy groups -OCH3 is 3. The van der Waals surface area contributed by atoms with Gasteiger partial charge in [0.1, 0.15) is 5.75 Å². The molecule has 3 amide bonds. The molecule has 0 spiro atoms. The molecule has 0 bridgehead atoms. The van der Waals surface area contributed by atoms with Crippen LogP contribution in [-0.4, -0.2) is 69.2 Å². The summed E-state index contributed by atoms with van der Waals surface area (Å²) in [5.74, 6) is 2.17. The lowest BCUT2D eigenvalue weighted by molar-refractivity contribution is -0.131. The van der Waals surface area contributed by atoms with Crippen LogP contribution in [0, 0.1) is 0 Å². The number of benzene rings is 2. The fourth-order valence-electron chi connectivity index (χ4n) is 5.17. The first-order chi connectivity index (χ1) is 17.5. The van der Waals surface area contributed by atoms with E-state index in [1.54, 1.807) is 21.3 Å². The third kappa shape index (κ3) is 5.69. The predicted octanol–water partition coefficient (Wildman–Crippen LogP) is 4.16. The molecule has 1 N–H and O–H groups in total. The van der Waals surface area contributed by atoms with Crippen molar-refractivity contribution in [2.75, 3.05) is 47.5 Å². The van der Waals surface area contributed by atoms with Gasteiger partial charge < -0.3 is 29.3 Å². The van der Waals surface area contributed by atoms with E-state index in [-0.39, 0.29) is 18.0 Å². The topological polar surface area (TPSA) is 80.3 Å². The zero-order valence-corrected chi connectivity index (χ0v) is 21.5. The van der Waals surface area contributed by atoms with Crippen molar-refractivity contribution in [1.82, 2.24) is 15.1 Å². The first-order valence-electron chi connectivity index (χ1n) is 12.8. The summed E-state index contributed by atoms with van der Waals surface area (Å²) >= 11 is 0. The Morgan fingerprint density at radius 1 is 0.889 bits per heavy atom. The highest BCUT2D eigenvalue weighted by molar-refractivity contribution is 5.79. The largest absolute Gasteiger partial charge is 0.497 e. The molecule has 8 heteroatoms. The van der Waals surface area contributed by atoms with E-state index < -0.39 is 0 Å².